The molecule has 1 heterocycles. The van der Waals surface area contributed by atoms with Crippen molar-refractivity contribution in [2.24, 2.45) is 5.73 Å². The van der Waals surface area contributed by atoms with Gasteiger partial charge in [-0.3, -0.25) is 4.79 Å². The molecule has 0 bridgehead atoms. The van der Waals surface area contributed by atoms with Crippen molar-refractivity contribution >= 4 is 16.9 Å². The minimum Gasteiger partial charge on any atom is -0.462 e. The lowest BCUT2D eigenvalue weighted by molar-refractivity contribution is 0.0509. The van der Waals surface area contributed by atoms with Gasteiger partial charge in [0.2, 0.25) is 5.43 Å². The molecule has 5 nitrogen and oxygen atoms in total. The number of nitrogens with two attached hydrogens (primary N) is 1. The highest BCUT2D eigenvalue weighted by Crippen LogP contribution is 2.16. The van der Waals surface area contributed by atoms with E-state index in [2.05, 4.69) is 6.58 Å². The van der Waals surface area contributed by atoms with Gasteiger partial charge in [-0.2, -0.15) is 0 Å². The lowest BCUT2D eigenvalue weighted by Gasteiger charge is -2.12. The van der Waals surface area contributed by atoms with Crippen LogP contribution in [0.5, 0.6) is 0 Å². The topological polar surface area (TPSA) is 74.3 Å². The Morgan fingerprint density at radius 1 is 1.42 bits per heavy atom. The SMILES string of the molecule is C=CCCOC(=O)c1cn(CC)c2ccc(CCCN)cc2c1=O. The van der Waals surface area contributed by atoms with Gasteiger partial charge in [0, 0.05) is 18.1 Å². The van der Waals surface area contributed by atoms with Crippen LogP contribution in [0.4, 0.5) is 0 Å². The number of hydrogen-bond donors (Lipinski definition) is 1. The number of carbonyl (C=O) groups is 1. The smallest absolute Gasteiger partial charge is 0.343 e. The Bertz CT molecular complexity index is 793. The van der Waals surface area contributed by atoms with Gasteiger partial charge in [-0.05, 0) is 50.4 Å². The molecule has 1 aromatic heterocycles. The molecule has 0 saturated heterocycles. The maximum atomic E-state index is 12.7. The number of benzene rings is 1. The molecule has 0 amide bonds. The largest absolute Gasteiger partial charge is 0.462 e. The number of rotatable bonds is 8. The van der Waals surface area contributed by atoms with Crippen LogP contribution in [0.15, 0.2) is 41.8 Å². The molecule has 0 radical (unpaired) electrons. The fraction of sp³-hybridized carbons (Fsp3) is 0.368. The molecule has 2 rings (SSSR count). The Kier molecular flexibility index (Phi) is 6.32. The van der Waals surface area contributed by atoms with Gasteiger partial charge in [0.05, 0.1) is 12.1 Å². The van der Waals surface area contributed by atoms with Gasteiger partial charge in [0.25, 0.3) is 0 Å². The maximum absolute atomic E-state index is 12.7. The number of aromatic nitrogens is 1. The van der Waals surface area contributed by atoms with Crippen LogP contribution in [-0.2, 0) is 17.7 Å². The Hall–Kier alpha value is -2.40. The average Bonchev–Trinajstić information content (AvgIpc) is 2.60. The van der Waals surface area contributed by atoms with E-state index in [-0.39, 0.29) is 17.6 Å². The van der Waals surface area contributed by atoms with E-state index >= 15 is 0 Å². The minimum absolute atomic E-state index is 0.0735. The summed E-state index contributed by atoms with van der Waals surface area (Å²) in [5.74, 6) is -0.585. The molecular weight excluding hydrogens is 304 g/mol. The number of carbonyl (C=O) groups excluding carboxylic acids is 1. The highest BCUT2D eigenvalue weighted by Gasteiger charge is 2.16. The molecule has 2 N–H and O–H groups in total. The summed E-state index contributed by atoms with van der Waals surface area (Å²) in [5.41, 5.74) is 7.21. The first-order valence-electron chi connectivity index (χ1n) is 8.26. The molecule has 0 fully saturated rings. The number of fused-ring (bicyclic) bond motifs is 1. The van der Waals surface area contributed by atoms with Crippen molar-refractivity contribution in [3.05, 3.63) is 58.4 Å². The molecule has 0 aliphatic carbocycles. The second-order valence-corrected chi connectivity index (χ2v) is 5.61. The molecule has 1 aromatic carbocycles. The molecule has 0 atom stereocenters. The Morgan fingerprint density at radius 2 is 2.21 bits per heavy atom. The van der Waals surface area contributed by atoms with Crippen molar-refractivity contribution < 1.29 is 9.53 Å². The third kappa shape index (κ3) is 3.92. The summed E-state index contributed by atoms with van der Waals surface area (Å²) in [6.07, 6.45) is 5.48. The lowest BCUT2D eigenvalue weighted by atomic mass is 10.0. The Morgan fingerprint density at radius 3 is 2.88 bits per heavy atom. The molecule has 0 aliphatic heterocycles. The van der Waals surface area contributed by atoms with Gasteiger partial charge in [0.15, 0.2) is 0 Å². The second kappa shape index (κ2) is 8.45. The Balaban J connectivity index is 2.48. The molecule has 2 aromatic rings. The molecule has 0 saturated carbocycles. The summed E-state index contributed by atoms with van der Waals surface area (Å²) in [6.45, 7) is 7.04. The predicted molar refractivity (Wildman–Crippen MR) is 96.4 cm³/mol. The van der Waals surface area contributed by atoms with E-state index in [1.807, 2.05) is 29.7 Å². The first kappa shape index (κ1) is 17.9. The van der Waals surface area contributed by atoms with Crippen molar-refractivity contribution in [2.45, 2.75) is 32.7 Å². The van der Waals surface area contributed by atoms with Crippen LogP contribution in [0.3, 0.4) is 0 Å². The lowest BCUT2D eigenvalue weighted by Crippen LogP contribution is -2.21. The zero-order valence-electron chi connectivity index (χ0n) is 14.1. The summed E-state index contributed by atoms with van der Waals surface area (Å²) in [7, 11) is 0. The first-order chi connectivity index (χ1) is 11.6. The van der Waals surface area contributed by atoms with Crippen LogP contribution >= 0.6 is 0 Å². The van der Waals surface area contributed by atoms with Crippen LogP contribution in [-0.4, -0.2) is 23.7 Å². The number of aryl methyl sites for hydroxylation is 2. The third-order valence-corrected chi connectivity index (χ3v) is 3.93. The van der Waals surface area contributed by atoms with E-state index in [1.54, 1.807) is 12.3 Å². The molecule has 24 heavy (non-hydrogen) atoms. The van der Waals surface area contributed by atoms with Crippen molar-refractivity contribution in [3.63, 3.8) is 0 Å². The van der Waals surface area contributed by atoms with Crippen LogP contribution in [0.25, 0.3) is 10.9 Å². The van der Waals surface area contributed by atoms with Crippen LogP contribution in [0.2, 0.25) is 0 Å². The molecule has 5 heteroatoms. The van der Waals surface area contributed by atoms with Crippen molar-refractivity contribution in [2.75, 3.05) is 13.2 Å². The van der Waals surface area contributed by atoms with E-state index in [4.69, 9.17) is 10.5 Å². The standard InChI is InChI=1S/C19H24N2O3/c1-3-5-11-24-19(23)16-13-21(4-2)17-9-8-14(7-6-10-20)12-15(17)18(16)22/h3,8-9,12-13H,1,4-7,10-11,20H2,2H3. The zero-order chi connectivity index (χ0) is 17.5. The van der Waals surface area contributed by atoms with E-state index in [9.17, 15) is 9.59 Å². The monoisotopic (exact) mass is 328 g/mol. The number of ether oxygens (including phenoxy) is 1. The van der Waals surface area contributed by atoms with Gasteiger partial charge in [-0.15, -0.1) is 6.58 Å². The predicted octanol–water partition coefficient (Wildman–Crippen LogP) is 2.65. The highest BCUT2D eigenvalue weighted by molar-refractivity contribution is 5.93. The quantitative estimate of drug-likeness (QED) is 0.459. The van der Waals surface area contributed by atoms with Crippen LogP contribution < -0.4 is 11.2 Å². The van der Waals surface area contributed by atoms with Crippen molar-refractivity contribution in [1.29, 1.82) is 0 Å². The zero-order valence-corrected chi connectivity index (χ0v) is 14.1. The summed E-state index contributed by atoms with van der Waals surface area (Å²) in [5, 5.41) is 0.546. The number of esters is 1. The summed E-state index contributed by atoms with van der Waals surface area (Å²) in [4.78, 5) is 25.0. The normalized spacial score (nSPS) is 10.8. The molecular formula is C19H24N2O3. The third-order valence-electron chi connectivity index (χ3n) is 3.93. The second-order valence-electron chi connectivity index (χ2n) is 5.61. The number of pyridine rings is 1. The van der Waals surface area contributed by atoms with Crippen molar-refractivity contribution in [1.82, 2.24) is 4.57 Å². The molecule has 128 valence electrons. The average molecular weight is 328 g/mol. The molecule has 0 aliphatic rings. The van der Waals surface area contributed by atoms with Gasteiger partial charge < -0.3 is 15.0 Å². The first-order valence-corrected chi connectivity index (χ1v) is 8.26. The van der Waals surface area contributed by atoms with E-state index in [0.29, 0.717) is 24.9 Å². The Labute approximate surface area is 141 Å². The fourth-order valence-electron chi connectivity index (χ4n) is 2.63. The van der Waals surface area contributed by atoms with E-state index in [1.165, 1.54) is 0 Å². The maximum Gasteiger partial charge on any atom is 0.343 e. The van der Waals surface area contributed by atoms with Crippen LogP contribution in [0.1, 0.15) is 35.7 Å². The van der Waals surface area contributed by atoms with Gasteiger partial charge in [-0.1, -0.05) is 12.1 Å². The summed E-state index contributed by atoms with van der Waals surface area (Å²) >= 11 is 0. The fourth-order valence-corrected chi connectivity index (χ4v) is 2.63. The van der Waals surface area contributed by atoms with E-state index in [0.717, 1.165) is 23.9 Å². The van der Waals surface area contributed by atoms with E-state index < -0.39 is 5.97 Å². The van der Waals surface area contributed by atoms with Gasteiger partial charge in [0.1, 0.15) is 5.56 Å². The summed E-state index contributed by atoms with van der Waals surface area (Å²) < 4.78 is 7.05. The number of nitrogens with zero attached hydrogens (tertiary/aromatic N) is 1. The number of hydrogen-bond acceptors (Lipinski definition) is 4. The molecule has 0 unspecified atom stereocenters. The van der Waals surface area contributed by atoms with Crippen molar-refractivity contribution in [3.8, 4) is 0 Å². The van der Waals surface area contributed by atoms with Gasteiger partial charge >= 0.3 is 5.97 Å². The van der Waals surface area contributed by atoms with Crippen LogP contribution in [0, 0.1) is 0 Å². The summed E-state index contributed by atoms with van der Waals surface area (Å²) in [6, 6.07) is 5.80. The highest BCUT2D eigenvalue weighted by atomic mass is 16.5. The van der Waals surface area contributed by atoms with Gasteiger partial charge in [-0.25, -0.2) is 4.79 Å². The molecule has 0 spiro atoms. The minimum atomic E-state index is -0.585.